The van der Waals surface area contributed by atoms with Crippen LogP contribution in [0.15, 0.2) is 53.0 Å². The van der Waals surface area contributed by atoms with Gasteiger partial charge in [0.2, 0.25) is 5.78 Å². The summed E-state index contributed by atoms with van der Waals surface area (Å²) in [5.41, 5.74) is 0.560. The van der Waals surface area contributed by atoms with Crippen molar-refractivity contribution < 1.29 is 19.8 Å². The molecule has 4 nitrogen and oxygen atoms in total. The van der Waals surface area contributed by atoms with Crippen LogP contribution in [0.5, 0.6) is 5.75 Å². The molecular weight excluding hydrogens is 404 g/mol. The fourth-order valence-electron chi connectivity index (χ4n) is 2.17. The van der Waals surface area contributed by atoms with E-state index in [9.17, 15) is 14.7 Å². The number of aliphatic carboxylic acids is 1. The van der Waals surface area contributed by atoms with Crippen LogP contribution in [0.3, 0.4) is 0 Å². The number of rotatable bonds is 4. The molecule has 0 aliphatic heterocycles. The number of halogens is 1. The Hall–Kier alpha value is -2.18. The minimum Gasteiger partial charge on any atom is -0.506 e. The Labute approximate surface area is 157 Å². The lowest BCUT2D eigenvalue weighted by molar-refractivity contribution is -0.137. The number of carboxylic acids is 1. The number of carbonyl (C=O) groups is 2. The molecule has 0 radical (unpaired) electrons. The van der Waals surface area contributed by atoms with E-state index in [4.69, 9.17) is 5.11 Å². The molecule has 0 aliphatic carbocycles. The Balaban J connectivity index is 0.000000326. The number of ketones is 1. The van der Waals surface area contributed by atoms with Gasteiger partial charge in [0, 0.05) is 26.5 Å². The lowest BCUT2D eigenvalue weighted by Gasteiger charge is -2.01. The summed E-state index contributed by atoms with van der Waals surface area (Å²) in [5.74, 6) is -0.801. The van der Waals surface area contributed by atoms with Gasteiger partial charge in [-0.05, 0) is 30.7 Å². The van der Waals surface area contributed by atoms with Gasteiger partial charge in [-0.2, -0.15) is 0 Å². The van der Waals surface area contributed by atoms with Crippen molar-refractivity contribution in [2.75, 3.05) is 0 Å². The van der Waals surface area contributed by atoms with Crippen LogP contribution in [0.25, 0.3) is 10.1 Å². The molecule has 0 spiro atoms. The number of carbonyl (C=O) groups excluding carboxylic acids is 1. The third-order valence-corrected chi connectivity index (χ3v) is 5.21. The third kappa shape index (κ3) is 4.67. The van der Waals surface area contributed by atoms with Crippen LogP contribution in [0.1, 0.15) is 35.0 Å². The highest BCUT2D eigenvalue weighted by Crippen LogP contribution is 2.38. The van der Waals surface area contributed by atoms with E-state index >= 15 is 0 Å². The number of hydrogen-bond donors (Lipinski definition) is 2. The SMILES string of the molecule is CCCC(=O)O.O=C(c1ccccc1Br)c1sc2ccccc2c1O. The second-order valence-corrected chi connectivity index (χ2v) is 7.14. The maximum atomic E-state index is 12.5. The number of aromatic hydroxyl groups is 1. The zero-order chi connectivity index (χ0) is 18.4. The van der Waals surface area contributed by atoms with Gasteiger partial charge < -0.3 is 10.2 Å². The zero-order valence-corrected chi connectivity index (χ0v) is 15.9. The molecule has 2 N–H and O–H groups in total. The fourth-order valence-corrected chi connectivity index (χ4v) is 3.68. The van der Waals surface area contributed by atoms with Gasteiger partial charge in [-0.1, -0.05) is 47.1 Å². The number of benzene rings is 2. The van der Waals surface area contributed by atoms with Crippen molar-refractivity contribution in [3.05, 3.63) is 63.4 Å². The van der Waals surface area contributed by atoms with Crippen molar-refractivity contribution in [3.8, 4) is 5.75 Å². The predicted molar refractivity (Wildman–Crippen MR) is 104 cm³/mol. The zero-order valence-electron chi connectivity index (χ0n) is 13.5. The molecule has 0 aliphatic rings. The number of hydrogen-bond acceptors (Lipinski definition) is 4. The maximum Gasteiger partial charge on any atom is 0.303 e. The largest absolute Gasteiger partial charge is 0.506 e. The molecule has 3 rings (SSSR count). The van der Waals surface area contributed by atoms with Crippen molar-refractivity contribution in [2.24, 2.45) is 0 Å². The predicted octanol–water partition coefficient (Wildman–Crippen LogP) is 5.47. The van der Waals surface area contributed by atoms with Gasteiger partial charge in [-0.3, -0.25) is 9.59 Å². The lowest BCUT2D eigenvalue weighted by Crippen LogP contribution is -1.99. The Morgan fingerprint density at radius 3 is 2.28 bits per heavy atom. The van der Waals surface area contributed by atoms with Gasteiger partial charge in [0.1, 0.15) is 10.6 Å². The highest BCUT2D eigenvalue weighted by atomic mass is 79.9. The molecule has 0 unspecified atom stereocenters. The summed E-state index contributed by atoms with van der Waals surface area (Å²) < 4.78 is 1.65. The van der Waals surface area contributed by atoms with E-state index in [-0.39, 0.29) is 11.5 Å². The molecule has 3 aromatic rings. The van der Waals surface area contributed by atoms with E-state index in [1.54, 1.807) is 6.07 Å². The lowest BCUT2D eigenvalue weighted by atomic mass is 10.1. The molecule has 130 valence electrons. The smallest absolute Gasteiger partial charge is 0.303 e. The van der Waals surface area contributed by atoms with Gasteiger partial charge in [0.15, 0.2) is 0 Å². The summed E-state index contributed by atoms with van der Waals surface area (Å²) in [5, 5.41) is 18.8. The Kier molecular flexibility index (Phi) is 6.73. The van der Waals surface area contributed by atoms with Crippen LogP contribution in [-0.2, 0) is 4.79 Å². The van der Waals surface area contributed by atoms with Crippen LogP contribution < -0.4 is 0 Å². The Morgan fingerprint density at radius 1 is 1.08 bits per heavy atom. The summed E-state index contributed by atoms with van der Waals surface area (Å²) in [7, 11) is 0. The van der Waals surface area contributed by atoms with Crippen molar-refractivity contribution in [1.82, 2.24) is 0 Å². The standard InChI is InChI=1S/C15H9BrO2S.C4H8O2/c16-11-7-3-1-5-9(11)13(17)15-14(18)10-6-2-4-8-12(10)19-15;1-2-3-4(5)6/h1-8,18H;2-3H2,1H3,(H,5,6). The molecule has 0 bridgehead atoms. The topological polar surface area (TPSA) is 74.6 Å². The van der Waals surface area contributed by atoms with Crippen molar-refractivity contribution >= 4 is 49.1 Å². The first kappa shape index (κ1) is 19.1. The minimum absolute atomic E-state index is 0.0707. The number of thiophene rings is 1. The van der Waals surface area contributed by atoms with Gasteiger partial charge >= 0.3 is 5.97 Å². The molecule has 0 fully saturated rings. The highest BCUT2D eigenvalue weighted by molar-refractivity contribution is 9.10. The Bertz CT molecular complexity index is 901. The second kappa shape index (κ2) is 8.78. The second-order valence-electron chi connectivity index (χ2n) is 5.23. The van der Waals surface area contributed by atoms with Crippen LogP contribution in [-0.4, -0.2) is 22.0 Å². The molecular formula is C19H17BrO4S. The molecule has 0 amide bonds. The van der Waals surface area contributed by atoms with E-state index in [2.05, 4.69) is 15.9 Å². The third-order valence-electron chi connectivity index (χ3n) is 3.36. The van der Waals surface area contributed by atoms with Crippen molar-refractivity contribution in [2.45, 2.75) is 19.8 Å². The highest BCUT2D eigenvalue weighted by Gasteiger charge is 2.20. The molecule has 2 aromatic carbocycles. The minimum atomic E-state index is -0.711. The van der Waals surface area contributed by atoms with E-state index in [1.807, 2.05) is 49.4 Å². The Morgan fingerprint density at radius 2 is 1.72 bits per heavy atom. The molecule has 1 heterocycles. The maximum absolute atomic E-state index is 12.5. The molecule has 6 heteroatoms. The van der Waals surface area contributed by atoms with Crippen LogP contribution in [0.4, 0.5) is 0 Å². The summed E-state index contributed by atoms with van der Waals surface area (Å²) >= 11 is 4.68. The summed E-state index contributed by atoms with van der Waals surface area (Å²) in [6.45, 7) is 1.84. The van der Waals surface area contributed by atoms with Crippen molar-refractivity contribution in [1.29, 1.82) is 0 Å². The first-order valence-electron chi connectivity index (χ1n) is 7.67. The van der Waals surface area contributed by atoms with E-state index in [0.717, 1.165) is 21.0 Å². The number of fused-ring (bicyclic) bond motifs is 1. The van der Waals surface area contributed by atoms with Gasteiger partial charge in [-0.25, -0.2) is 0 Å². The first-order valence-corrected chi connectivity index (χ1v) is 9.28. The molecule has 0 saturated heterocycles. The average molecular weight is 421 g/mol. The fraction of sp³-hybridized carbons (Fsp3) is 0.158. The molecule has 0 atom stereocenters. The van der Waals surface area contributed by atoms with Crippen LogP contribution in [0.2, 0.25) is 0 Å². The summed E-state index contributed by atoms with van der Waals surface area (Å²) in [4.78, 5) is 22.5. The van der Waals surface area contributed by atoms with Crippen LogP contribution >= 0.6 is 27.3 Å². The molecule has 0 saturated carbocycles. The normalized spacial score (nSPS) is 10.2. The molecule has 25 heavy (non-hydrogen) atoms. The average Bonchev–Trinajstić information content (AvgIpc) is 2.92. The first-order chi connectivity index (χ1) is 12.0. The summed E-state index contributed by atoms with van der Waals surface area (Å²) in [6.07, 6.45) is 1.02. The van der Waals surface area contributed by atoms with Crippen LogP contribution in [0, 0.1) is 0 Å². The van der Waals surface area contributed by atoms with Gasteiger partial charge in [0.05, 0.1) is 0 Å². The van der Waals surface area contributed by atoms with Gasteiger partial charge in [0.25, 0.3) is 0 Å². The van der Waals surface area contributed by atoms with Gasteiger partial charge in [-0.15, -0.1) is 11.3 Å². The summed E-state index contributed by atoms with van der Waals surface area (Å²) in [6, 6.07) is 14.7. The van der Waals surface area contributed by atoms with E-state index in [0.29, 0.717) is 16.9 Å². The van der Waals surface area contributed by atoms with E-state index < -0.39 is 5.97 Å². The quantitative estimate of drug-likeness (QED) is 0.548. The monoisotopic (exact) mass is 420 g/mol. The molecule has 1 aromatic heterocycles. The number of carboxylic acid groups (broad SMARTS) is 1. The van der Waals surface area contributed by atoms with E-state index in [1.165, 1.54) is 11.3 Å². The van der Waals surface area contributed by atoms with Crippen molar-refractivity contribution in [3.63, 3.8) is 0 Å².